The van der Waals surface area contributed by atoms with Crippen molar-refractivity contribution in [2.24, 2.45) is 5.73 Å². The van der Waals surface area contributed by atoms with Gasteiger partial charge in [0.2, 0.25) is 5.91 Å². The normalized spacial score (nSPS) is 21.1. The molecule has 1 saturated heterocycles. The predicted molar refractivity (Wildman–Crippen MR) is 80.5 cm³/mol. The van der Waals surface area contributed by atoms with Gasteiger partial charge in [0.1, 0.15) is 5.82 Å². The van der Waals surface area contributed by atoms with Crippen molar-refractivity contribution in [2.75, 3.05) is 26.2 Å². The van der Waals surface area contributed by atoms with Crippen molar-refractivity contribution < 1.29 is 4.79 Å². The largest absolute Gasteiger partial charge is 0.343 e. The fourth-order valence-electron chi connectivity index (χ4n) is 3.34. The first kappa shape index (κ1) is 14.5. The smallest absolute Gasteiger partial charge is 0.224 e. The topological polar surface area (TPSA) is 67.4 Å². The summed E-state index contributed by atoms with van der Waals surface area (Å²) in [6.07, 6.45) is 7.93. The van der Waals surface area contributed by atoms with Crippen molar-refractivity contribution in [1.29, 1.82) is 0 Å². The summed E-state index contributed by atoms with van der Waals surface area (Å²) in [5, 5.41) is 0. The lowest BCUT2D eigenvalue weighted by atomic mass is 10.1. The van der Waals surface area contributed by atoms with Gasteiger partial charge in [0.15, 0.2) is 0 Å². The number of carbonyl (C=O) groups is 1. The van der Waals surface area contributed by atoms with E-state index in [2.05, 4.69) is 14.5 Å². The van der Waals surface area contributed by atoms with E-state index in [9.17, 15) is 4.79 Å². The molecule has 116 valence electrons. The van der Waals surface area contributed by atoms with E-state index in [0.29, 0.717) is 13.0 Å². The van der Waals surface area contributed by atoms with Crippen molar-refractivity contribution in [3.63, 3.8) is 0 Å². The molecular weight excluding hydrogens is 266 g/mol. The molecule has 21 heavy (non-hydrogen) atoms. The van der Waals surface area contributed by atoms with Gasteiger partial charge in [-0.2, -0.15) is 0 Å². The van der Waals surface area contributed by atoms with Crippen LogP contribution in [-0.4, -0.2) is 57.5 Å². The summed E-state index contributed by atoms with van der Waals surface area (Å²) in [5.74, 6) is 1.34. The number of hydrogen-bond donors (Lipinski definition) is 1. The van der Waals surface area contributed by atoms with E-state index in [4.69, 9.17) is 5.73 Å². The zero-order chi connectivity index (χ0) is 14.7. The maximum Gasteiger partial charge on any atom is 0.224 e. The molecule has 2 N–H and O–H groups in total. The molecule has 6 heteroatoms. The first-order valence-corrected chi connectivity index (χ1v) is 8.00. The molecule has 1 aromatic heterocycles. The van der Waals surface area contributed by atoms with Crippen LogP contribution in [0.2, 0.25) is 0 Å². The minimum atomic E-state index is 0.130. The van der Waals surface area contributed by atoms with Crippen LogP contribution in [0.3, 0.4) is 0 Å². The van der Waals surface area contributed by atoms with Gasteiger partial charge < -0.3 is 15.2 Å². The van der Waals surface area contributed by atoms with Crippen molar-refractivity contribution in [2.45, 2.75) is 44.8 Å². The lowest BCUT2D eigenvalue weighted by Gasteiger charge is -2.35. The van der Waals surface area contributed by atoms with E-state index in [1.165, 1.54) is 6.42 Å². The van der Waals surface area contributed by atoms with Gasteiger partial charge >= 0.3 is 0 Å². The monoisotopic (exact) mass is 291 g/mol. The molecule has 1 aromatic rings. The van der Waals surface area contributed by atoms with Gasteiger partial charge in [0, 0.05) is 57.6 Å². The van der Waals surface area contributed by atoms with Crippen molar-refractivity contribution >= 4 is 5.91 Å². The Bertz CT molecular complexity index is 480. The number of rotatable bonds is 4. The van der Waals surface area contributed by atoms with Crippen LogP contribution < -0.4 is 5.73 Å². The Morgan fingerprint density at radius 3 is 2.81 bits per heavy atom. The van der Waals surface area contributed by atoms with E-state index in [-0.39, 0.29) is 11.9 Å². The third kappa shape index (κ3) is 3.27. The van der Waals surface area contributed by atoms with Crippen LogP contribution in [0.5, 0.6) is 0 Å². The predicted octanol–water partition coefficient (Wildman–Crippen LogP) is 0.429. The highest BCUT2D eigenvalue weighted by molar-refractivity contribution is 5.77. The maximum atomic E-state index is 12.4. The second kappa shape index (κ2) is 6.58. The average molecular weight is 291 g/mol. The van der Waals surface area contributed by atoms with Crippen LogP contribution in [0.25, 0.3) is 0 Å². The van der Waals surface area contributed by atoms with Crippen LogP contribution >= 0.6 is 0 Å². The zero-order valence-corrected chi connectivity index (χ0v) is 12.6. The molecule has 3 heterocycles. The van der Waals surface area contributed by atoms with Gasteiger partial charge in [0.05, 0.1) is 6.54 Å². The molecule has 0 aliphatic carbocycles. The van der Waals surface area contributed by atoms with Crippen LogP contribution in [0.4, 0.5) is 0 Å². The summed E-state index contributed by atoms with van der Waals surface area (Å²) in [7, 11) is 0. The standard InChI is InChI=1S/C15H25N5O/c16-11-13(10-15(21)19-5-2-1-3-6-19)20-9-8-18-7-4-17-14(18)12-20/h4,7,13H,1-3,5-6,8-12,16H2. The molecular formula is C15H25N5O. The molecule has 2 aliphatic rings. The molecule has 1 amide bonds. The quantitative estimate of drug-likeness (QED) is 0.873. The summed E-state index contributed by atoms with van der Waals surface area (Å²) in [6, 6.07) is 0.130. The van der Waals surface area contributed by atoms with E-state index in [1.54, 1.807) is 0 Å². The van der Waals surface area contributed by atoms with Gasteiger partial charge in [-0.1, -0.05) is 0 Å². The molecule has 1 atom stereocenters. The number of amides is 1. The maximum absolute atomic E-state index is 12.4. The van der Waals surface area contributed by atoms with E-state index >= 15 is 0 Å². The SMILES string of the molecule is NCC(CC(=O)N1CCCCC1)N1CCn2ccnc2C1. The molecule has 1 unspecified atom stereocenters. The molecule has 0 saturated carbocycles. The second-order valence-electron chi connectivity index (χ2n) is 6.04. The van der Waals surface area contributed by atoms with Crippen LogP contribution in [0.15, 0.2) is 12.4 Å². The third-order valence-electron chi connectivity index (χ3n) is 4.68. The molecule has 2 aliphatic heterocycles. The summed E-state index contributed by atoms with van der Waals surface area (Å²) in [4.78, 5) is 21.1. The number of aromatic nitrogens is 2. The number of nitrogens with two attached hydrogens (primary N) is 1. The van der Waals surface area contributed by atoms with Crippen LogP contribution in [-0.2, 0) is 17.9 Å². The third-order valence-corrected chi connectivity index (χ3v) is 4.68. The average Bonchev–Trinajstić information content (AvgIpc) is 3.00. The lowest BCUT2D eigenvalue weighted by molar-refractivity contribution is -0.133. The molecule has 1 fully saturated rings. The summed E-state index contributed by atoms with van der Waals surface area (Å²) < 4.78 is 2.18. The first-order chi connectivity index (χ1) is 10.3. The van der Waals surface area contributed by atoms with Crippen molar-refractivity contribution in [3.05, 3.63) is 18.2 Å². The Labute approximate surface area is 125 Å². The molecule has 0 radical (unpaired) electrons. The number of hydrogen-bond acceptors (Lipinski definition) is 4. The zero-order valence-electron chi connectivity index (χ0n) is 12.6. The molecule has 3 rings (SSSR count). The Kier molecular flexibility index (Phi) is 4.55. The summed E-state index contributed by atoms with van der Waals surface area (Å²) >= 11 is 0. The Morgan fingerprint density at radius 2 is 2.05 bits per heavy atom. The highest BCUT2D eigenvalue weighted by Gasteiger charge is 2.27. The fourth-order valence-corrected chi connectivity index (χ4v) is 3.34. The minimum Gasteiger partial charge on any atom is -0.343 e. The molecule has 0 spiro atoms. The van der Waals surface area contributed by atoms with Crippen molar-refractivity contribution in [1.82, 2.24) is 19.4 Å². The number of piperidine rings is 1. The van der Waals surface area contributed by atoms with Crippen LogP contribution in [0.1, 0.15) is 31.5 Å². The van der Waals surface area contributed by atoms with E-state index < -0.39 is 0 Å². The Hall–Kier alpha value is -1.40. The molecule has 6 nitrogen and oxygen atoms in total. The van der Waals surface area contributed by atoms with Crippen molar-refractivity contribution in [3.8, 4) is 0 Å². The highest BCUT2D eigenvalue weighted by Crippen LogP contribution is 2.17. The fraction of sp³-hybridized carbons (Fsp3) is 0.733. The van der Waals surface area contributed by atoms with E-state index in [1.807, 2.05) is 17.3 Å². The molecule has 0 aromatic carbocycles. The number of carbonyl (C=O) groups excluding carboxylic acids is 1. The minimum absolute atomic E-state index is 0.130. The number of fused-ring (bicyclic) bond motifs is 1. The highest BCUT2D eigenvalue weighted by atomic mass is 16.2. The van der Waals surface area contributed by atoms with Gasteiger partial charge in [-0.3, -0.25) is 9.69 Å². The van der Waals surface area contributed by atoms with Crippen LogP contribution in [0, 0.1) is 0 Å². The second-order valence-corrected chi connectivity index (χ2v) is 6.04. The number of imidazole rings is 1. The first-order valence-electron chi connectivity index (χ1n) is 8.00. The van der Waals surface area contributed by atoms with Gasteiger partial charge in [-0.05, 0) is 19.3 Å². The summed E-state index contributed by atoms with van der Waals surface area (Å²) in [5.41, 5.74) is 5.94. The Balaban J connectivity index is 1.59. The molecule has 0 bridgehead atoms. The lowest BCUT2D eigenvalue weighted by Crippen LogP contribution is -2.48. The van der Waals surface area contributed by atoms with E-state index in [0.717, 1.165) is 51.4 Å². The van der Waals surface area contributed by atoms with Gasteiger partial charge in [0.25, 0.3) is 0 Å². The Morgan fingerprint density at radius 1 is 1.24 bits per heavy atom. The van der Waals surface area contributed by atoms with Gasteiger partial charge in [-0.15, -0.1) is 0 Å². The number of nitrogens with zero attached hydrogens (tertiary/aromatic N) is 4. The summed E-state index contributed by atoms with van der Waals surface area (Å²) in [6.45, 7) is 5.03. The number of likely N-dealkylation sites (tertiary alicyclic amines) is 1. The van der Waals surface area contributed by atoms with Gasteiger partial charge in [-0.25, -0.2) is 4.98 Å².